The van der Waals surface area contributed by atoms with Crippen molar-refractivity contribution in [3.63, 3.8) is 0 Å². The predicted molar refractivity (Wildman–Crippen MR) is 67.1 cm³/mol. The van der Waals surface area contributed by atoms with Crippen molar-refractivity contribution < 1.29 is 4.79 Å². The number of carbonyl (C=O) groups is 1. The number of likely N-dealkylation sites (tertiary alicyclic amines) is 1. The second-order valence-corrected chi connectivity index (χ2v) is 5.13. The SMILES string of the molecule is CCCC1CCN(C(=O)CCC(C)N)CC1. The fourth-order valence-electron chi connectivity index (χ4n) is 2.39. The molecule has 1 heterocycles. The number of rotatable bonds is 5. The zero-order chi connectivity index (χ0) is 12.0. The topological polar surface area (TPSA) is 46.3 Å². The number of piperidine rings is 1. The van der Waals surface area contributed by atoms with Gasteiger partial charge in [0.05, 0.1) is 0 Å². The Kier molecular flexibility index (Phi) is 5.81. The lowest BCUT2D eigenvalue weighted by atomic mass is 9.92. The normalized spacial score (nSPS) is 19.8. The Hall–Kier alpha value is -0.570. The Morgan fingerprint density at radius 3 is 2.56 bits per heavy atom. The molecule has 0 spiro atoms. The van der Waals surface area contributed by atoms with Gasteiger partial charge in [0, 0.05) is 25.6 Å². The fourth-order valence-corrected chi connectivity index (χ4v) is 2.39. The van der Waals surface area contributed by atoms with E-state index >= 15 is 0 Å². The summed E-state index contributed by atoms with van der Waals surface area (Å²) in [7, 11) is 0. The Balaban J connectivity index is 2.22. The summed E-state index contributed by atoms with van der Waals surface area (Å²) in [6.07, 6.45) is 6.41. The Morgan fingerprint density at radius 2 is 2.06 bits per heavy atom. The molecule has 0 aromatic rings. The van der Waals surface area contributed by atoms with E-state index < -0.39 is 0 Å². The summed E-state index contributed by atoms with van der Waals surface area (Å²) in [6.45, 7) is 6.12. The molecule has 94 valence electrons. The maximum atomic E-state index is 11.8. The van der Waals surface area contributed by atoms with Gasteiger partial charge in [0.25, 0.3) is 0 Å². The summed E-state index contributed by atoms with van der Waals surface area (Å²) in [4.78, 5) is 13.9. The second kappa shape index (κ2) is 6.89. The van der Waals surface area contributed by atoms with E-state index in [-0.39, 0.29) is 6.04 Å². The van der Waals surface area contributed by atoms with Crippen LogP contribution in [0.3, 0.4) is 0 Å². The molecular formula is C13H26N2O. The van der Waals surface area contributed by atoms with Crippen molar-refractivity contribution in [2.75, 3.05) is 13.1 Å². The van der Waals surface area contributed by atoms with Crippen molar-refractivity contribution in [1.29, 1.82) is 0 Å². The van der Waals surface area contributed by atoms with Crippen molar-refractivity contribution in [3.8, 4) is 0 Å². The molecule has 1 rings (SSSR count). The molecule has 0 bridgehead atoms. The number of hydrogen-bond acceptors (Lipinski definition) is 2. The van der Waals surface area contributed by atoms with Gasteiger partial charge in [0.15, 0.2) is 0 Å². The second-order valence-electron chi connectivity index (χ2n) is 5.13. The third kappa shape index (κ3) is 4.52. The summed E-state index contributed by atoms with van der Waals surface area (Å²) in [5.41, 5.74) is 5.66. The maximum absolute atomic E-state index is 11.8. The van der Waals surface area contributed by atoms with E-state index in [0.717, 1.165) is 25.4 Å². The van der Waals surface area contributed by atoms with Crippen LogP contribution in [0.1, 0.15) is 52.4 Å². The molecule has 0 aromatic heterocycles. The Bertz CT molecular complexity index is 208. The molecule has 3 nitrogen and oxygen atoms in total. The molecule has 0 radical (unpaired) electrons. The van der Waals surface area contributed by atoms with Crippen molar-refractivity contribution in [2.45, 2.75) is 58.4 Å². The summed E-state index contributed by atoms with van der Waals surface area (Å²) in [5.74, 6) is 1.15. The molecule has 0 aromatic carbocycles. The zero-order valence-corrected chi connectivity index (χ0v) is 10.7. The van der Waals surface area contributed by atoms with Crippen LogP contribution in [0.15, 0.2) is 0 Å². The highest BCUT2D eigenvalue weighted by Crippen LogP contribution is 2.22. The minimum absolute atomic E-state index is 0.140. The molecule has 1 aliphatic heterocycles. The van der Waals surface area contributed by atoms with E-state index in [1.54, 1.807) is 0 Å². The standard InChI is InChI=1S/C13H26N2O/c1-3-4-12-7-9-15(10-8-12)13(16)6-5-11(2)14/h11-12H,3-10,14H2,1-2H3. The fraction of sp³-hybridized carbons (Fsp3) is 0.923. The number of nitrogens with zero attached hydrogens (tertiary/aromatic N) is 1. The number of amides is 1. The molecular weight excluding hydrogens is 200 g/mol. The van der Waals surface area contributed by atoms with Gasteiger partial charge in [-0.2, -0.15) is 0 Å². The molecule has 1 saturated heterocycles. The van der Waals surface area contributed by atoms with Gasteiger partial charge in [0.2, 0.25) is 5.91 Å². The van der Waals surface area contributed by atoms with Gasteiger partial charge < -0.3 is 10.6 Å². The lowest BCUT2D eigenvalue weighted by Crippen LogP contribution is -2.38. The highest BCUT2D eigenvalue weighted by molar-refractivity contribution is 5.76. The number of nitrogens with two attached hydrogens (primary N) is 1. The van der Waals surface area contributed by atoms with Crippen molar-refractivity contribution in [1.82, 2.24) is 4.90 Å². The molecule has 1 aliphatic rings. The minimum atomic E-state index is 0.140. The van der Waals surface area contributed by atoms with Crippen LogP contribution in [0.5, 0.6) is 0 Å². The van der Waals surface area contributed by atoms with Crippen LogP contribution in [-0.4, -0.2) is 29.9 Å². The van der Waals surface area contributed by atoms with Gasteiger partial charge in [-0.1, -0.05) is 19.8 Å². The number of carbonyl (C=O) groups excluding carboxylic acids is 1. The summed E-state index contributed by atoms with van der Waals surface area (Å²) >= 11 is 0. The van der Waals surface area contributed by atoms with Crippen LogP contribution in [0.4, 0.5) is 0 Å². The van der Waals surface area contributed by atoms with Crippen LogP contribution >= 0.6 is 0 Å². The molecule has 0 aliphatic carbocycles. The van der Waals surface area contributed by atoms with Crippen LogP contribution in [0, 0.1) is 5.92 Å². The smallest absolute Gasteiger partial charge is 0.222 e. The van der Waals surface area contributed by atoms with E-state index in [9.17, 15) is 4.79 Å². The van der Waals surface area contributed by atoms with E-state index in [0.29, 0.717) is 12.3 Å². The largest absolute Gasteiger partial charge is 0.343 e. The van der Waals surface area contributed by atoms with Crippen molar-refractivity contribution >= 4 is 5.91 Å². The van der Waals surface area contributed by atoms with Gasteiger partial charge in [-0.25, -0.2) is 0 Å². The molecule has 1 fully saturated rings. The highest BCUT2D eigenvalue weighted by Gasteiger charge is 2.21. The maximum Gasteiger partial charge on any atom is 0.222 e. The van der Waals surface area contributed by atoms with E-state index in [4.69, 9.17) is 5.73 Å². The van der Waals surface area contributed by atoms with Crippen LogP contribution in [0.25, 0.3) is 0 Å². The summed E-state index contributed by atoms with van der Waals surface area (Å²) < 4.78 is 0. The van der Waals surface area contributed by atoms with Gasteiger partial charge in [-0.3, -0.25) is 4.79 Å². The van der Waals surface area contributed by atoms with Gasteiger partial charge in [0.1, 0.15) is 0 Å². The number of hydrogen-bond donors (Lipinski definition) is 1. The van der Waals surface area contributed by atoms with Gasteiger partial charge in [-0.05, 0) is 32.1 Å². The third-order valence-electron chi connectivity index (χ3n) is 3.48. The predicted octanol–water partition coefficient (Wildman–Crippen LogP) is 2.15. The summed E-state index contributed by atoms with van der Waals surface area (Å²) in [6, 6.07) is 0.140. The quantitative estimate of drug-likeness (QED) is 0.781. The van der Waals surface area contributed by atoms with Crippen molar-refractivity contribution in [3.05, 3.63) is 0 Å². The molecule has 1 amide bonds. The average Bonchev–Trinajstić information content (AvgIpc) is 2.27. The summed E-state index contributed by atoms with van der Waals surface area (Å²) in [5, 5.41) is 0. The van der Waals surface area contributed by atoms with Crippen LogP contribution < -0.4 is 5.73 Å². The monoisotopic (exact) mass is 226 g/mol. The molecule has 0 saturated carbocycles. The average molecular weight is 226 g/mol. The molecule has 1 unspecified atom stereocenters. The van der Waals surface area contributed by atoms with E-state index in [2.05, 4.69) is 6.92 Å². The third-order valence-corrected chi connectivity index (χ3v) is 3.48. The van der Waals surface area contributed by atoms with E-state index in [1.165, 1.54) is 25.7 Å². The first-order chi connectivity index (χ1) is 7.63. The lowest BCUT2D eigenvalue weighted by molar-refractivity contribution is -0.132. The molecule has 2 N–H and O–H groups in total. The first-order valence-electron chi connectivity index (χ1n) is 6.66. The van der Waals surface area contributed by atoms with Crippen molar-refractivity contribution in [2.24, 2.45) is 11.7 Å². The highest BCUT2D eigenvalue weighted by atomic mass is 16.2. The first kappa shape index (κ1) is 13.5. The zero-order valence-electron chi connectivity index (χ0n) is 10.7. The van der Waals surface area contributed by atoms with Crippen LogP contribution in [-0.2, 0) is 4.79 Å². The Morgan fingerprint density at radius 1 is 1.44 bits per heavy atom. The van der Waals surface area contributed by atoms with Gasteiger partial charge in [-0.15, -0.1) is 0 Å². The van der Waals surface area contributed by atoms with Gasteiger partial charge >= 0.3 is 0 Å². The minimum Gasteiger partial charge on any atom is -0.343 e. The lowest BCUT2D eigenvalue weighted by Gasteiger charge is -2.32. The van der Waals surface area contributed by atoms with E-state index in [1.807, 2.05) is 11.8 Å². The molecule has 3 heteroatoms. The molecule has 16 heavy (non-hydrogen) atoms. The first-order valence-corrected chi connectivity index (χ1v) is 6.66. The van der Waals surface area contributed by atoms with Crippen LogP contribution in [0.2, 0.25) is 0 Å². The molecule has 1 atom stereocenters. The Labute approximate surface area is 99.4 Å².